The fraction of sp³-hybridized carbons (Fsp3) is 1.00. The van der Waals surface area contributed by atoms with Gasteiger partial charge in [0.2, 0.25) is 0 Å². The summed E-state index contributed by atoms with van der Waals surface area (Å²) in [6.07, 6.45) is 5.59. The number of hydrogen-bond acceptors (Lipinski definition) is 1. The Morgan fingerprint density at radius 2 is 1.77 bits per heavy atom. The molecule has 0 aliphatic heterocycles. The average molecular weight is 181 g/mol. The Kier molecular flexibility index (Phi) is 1.99. The molecule has 2 fully saturated rings. The van der Waals surface area contributed by atoms with E-state index in [0.717, 1.165) is 12.0 Å². The second kappa shape index (κ2) is 2.73. The Morgan fingerprint density at radius 3 is 2.00 bits per heavy atom. The van der Waals surface area contributed by atoms with Crippen molar-refractivity contribution in [3.63, 3.8) is 0 Å². The SMILES string of the molecule is CC(C)C1(NC2CCC2(C)C)CC1. The minimum Gasteiger partial charge on any atom is -0.308 e. The first-order valence-corrected chi connectivity index (χ1v) is 5.74. The summed E-state index contributed by atoms with van der Waals surface area (Å²) in [7, 11) is 0. The summed E-state index contributed by atoms with van der Waals surface area (Å²) in [5.41, 5.74) is 1.09. The third kappa shape index (κ3) is 1.52. The predicted octanol–water partition coefficient (Wildman–Crippen LogP) is 2.95. The molecule has 0 heterocycles. The summed E-state index contributed by atoms with van der Waals surface area (Å²) in [6, 6.07) is 0.789. The molecule has 1 atom stereocenters. The first kappa shape index (κ1) is 9.51. The monoisotopic (exact) mass is 181 g/mol. The van der Waals surface area contributed by atoms with E-state index < -0.39 is 0 Å². The van der Waals surface area contributed by atoms with Crippen LogP contribution < -0.4 is 5.32 Å². The highest BCUT2D eigenvalue weighted by molar-refractivity contribution is 5.09. The normalized spacial score (nSPS) is 34.4. The van der Waals surface area contributed by atoms with Crippen LogP contribution in [-0.4, -0.2) is 11.6 Å². The summed E-state index contributed by atoms with van der Waals surface area (Å²) in [4.78, 5) is 0. The maximum absolute atomic E-state index is 3.89. The number of hydrogen-bond donors (Lipinski definition) is 1. The first-order chi connectivity index (χ1) is 5.96. The molecular formula is C12H23N. The van der Waals surface area contributed by atoms with Crippen LogP contribution in [-0.2, 0) is 0 Å². The fourth-order valence-corrected chi connectivity index (χ4v) is 2.50. The molecule has 1 N–H and O–H groups in total. The Balaban J connectivity index is 1.92. The van der Waals surface area contributed by atoms with Gasteiger partial charge in [-0.3, -0.25) is 0 Å². The van der Waals surface area contributed by atoms with E-state index in [2.05, 4.69) is 33.0 Å². The number of nitrogens with one attached hydrogen (secondary N) is 1. The van der Waals surface area contributed by atoms with E-state index in [1.165, 1.54) is 25.7 Å². The molecule has 0 aromatic rings. The van der Waals surface area contributed by atoms with Crippen molar-refractivity contribution in [3.05, 3.63) is 0 Å². The van der Waals surface area contributed by atoms with Crippen molar-refractivity contribution in [1.29, 1.82) is 0 Å². The molecule has 1 heteroatoms. The van der Waals surface area contributed by atoms with Gasteiger partial charge in [0.15, 0.2) is 0 Å². The summed E-state index contributed by atoms with van der Waals surface area (Å²) < 4.78 is 0. The van der Waals surface area contributed by atoms with Gasteiger partial charge in [-0.25, -0.2) is 0 Å². The molecule has 2 aliphatic carbocycles. The lowest BCUT2D eigenvalue weighted by Crippen LogP contribution is -2.55. The van der Waals surface area contributed by atoms with Crippen LogP contribution in [0.5, 0.6) is 0 Å². The molecule has 13 heavy (non-hydrogen) atoms. The molecule has 0 radical (unpaired) electrons. The van der Waals surface area contributed by atoms with Gasteiger partial charge in [-0.2, -0.15) is 0 Å². The molecule has 2 saturated carbocycles. The molecule has 0 aromatic heterocycles. The lowest BCUT2D eigenvalue weighted by molar-refractivity contribution is 0.0857. The van der Waals surface area contributed by atoms with Gasteiger partial charge in [-0.15, -0.1) is 0 Å². The zero-order valence-corrected chi connectivity index (χ0v) is 9.48. The maximum Gasteiger partial charge on any atom is 0.0208 e. The van der Waals surface area contributed by atoms with Gasteiger partial charge in [-0.1, -0.05) is 27.7 Å². The van der Waals surface area contributed by atoms with Crippen molar-refractivity contribution in [2.75, 3.05) is 0 Å². The molecule has 76 valence electrons. The molecule has 1 unspecified atom stereocenters. The second-order valence-electron chi connectivity index (χ2n) is 6.04. The van der Waals surface area contributed by atoms with Crippen LogP contribution in [0.2, 0.25) is 0 Å². The minimum atomic E-state index is 0.530. The smallest absolute Gasteiger partial charge is 0.0208 e. The van der Waals surface area contributed by atoms with E-state index >= 15 is 0 Å². The van der Waals surface area contributed by atoms with E-state index in [-0.39, 0.29) is 0 Å². The van der Waals surface area contributed by atoms with Crippen LogP contribution >= 0.6 is 0 Å². The maximum atomic E-state index is 3.89. The Labute approximate surface area is 82.3 Å². The molecule has 0 spiro atoms. The zero-order valence-electron chi connectivity index (χ0n) is 9.48. The summed E-state index contributed by atoms with van der Waals surface area (Å²) in [5, 5.41) is 3.89. The predicted molar refractivity (Wildman–Crippen MR) is 56.7 cm³/mol. The van der Waals surface area contributed by atoms with Gasteiger partial charge in [0.1, 0.15) is 0 Å². The molecular weight excluding hydrogens is 158 g/mol. The van der Waals surface area contributed by atoms with Gasteiger partial charge in [0.05, 0.1) is 0 Å². The quantitative estimate of drug-likeness (QED) is 0.706. The lowest BCUT2D eigenvalue weighted by atomic mass is 9.67. The van der Waals surface area contributed by atoms with Gasteiger partial charge in [0.25, 0.3) is 0 Å². The molecule has 2 aliphatic rings. The fourth-order valence-electron chi connectivity index (χ4n) is 2.50. The van der Waals surface area contributed by atoms with E-state index in [1.54, 1.807) is 0 Å². The molecule has 0 saturated heterocycles. The minimum absolute atomic E-state index is 0.530. The Morgan fingerprint density at radius 1 is 1.15 bits per heavy atom. The van der Waals surface area contributed by atoms with Gasteiger partial charge in [-0.05, 0) is 37.0 Å². The van der Waals surface area contributed by atoms with E-state index in [0.29, 0.717) is 11.0 Å². The largest absolute Gasteiger partial charge is 0.308 e. The van der Waals surface area contributed by atoms with E-state index in [4.69, 9.17) is 0 Å². The van der Waals surface area contributed by atoms with Gasteiger partial charge in [0, 0.05) is 11.6 Å². The van der Waals surface area contributed by atoms with Crippen LogP contribution in [0.25, 0.3) is 0 Å². The molecule has 1 nitrogen and oxygen atoms in total. The van der Waals surface area contributed by atoms with Crippen molar-refractivity contribution in [1.82, 2.24) is 5.32 Å². The highest BCUT2D eigenvalue weighted by atomic mass is 15.1. The summed E-state index contributed by atoms with van der Waals surface area (Å²) in [6.45, 7) is 9.49. The second-order valence-corrected chi connectivity index (χ2v) is 6.04. The topological polar surface area (TPSA) is 12.0 Å². The summed E-state index contributed by atoms with van der Waals surface area (Å²) >= 11 is 0. The van der Waals surface area contributed by atoms with Crippen LogP contribution in [0.15, 0.2) is 0 Å². The molecule has 0 aromatic carbocycles. The lowest BCUT2D eigenvalue weighted by Gasteiger charge is -2.47. The van der Waals surface area contributed by atoms with Crippen molar-refractivity contribution in [2.45, 2.75) is 65.0 Å². The van der Waals surface area contributed by atoms with Gasteiger partial charge >= 0.3 is 0 Å². The standard InChI is InChI=1S/C12H23N/c1-9(2)12(7-8-12)13-10-5-6-11(10,3)4/h9-10,13H,5-8H2,1-4H3. The van der Waals surface area contributed by atoms with Gasteiger partial charge < -0.3 is 5.32 Å². The third-order valence-corrected chi connectivity index (χ3v) is 4.38. The highest BCUT2D eigenvalue weighted by Gasteiger charge is 2.50. The van der Waals surface area contributed by atoms with Crippen LogP contribution in [0.3, 0.4) is 0 Å². The van der Waals surface area contributed by atoms with E-state index in [9.17, 15) is 0 Å². The van der Waals surface area contributed by atoms with E-state index in [1.807, 2.05) is 0 Å². The van der Waals surface area contributed by atoms with Crippen LogP contribution in [0, 0.1) is 11.3 Å². The molecule has 0 amide bonds. The molecule has 0 bridgehead atoms. The van der Waals surface area contributed by atoms with Crippen molar-refractivity contribution < 1.29 is 0 Å². The Bertz CT molecular complexity index is 201. The van der Waals surface area contributed by atoms with Crippen molar-refractivity contribution >= 4 is 0 Å². The average Bonchev–Trinajstić information content (AvgIpc) is 2.79. The zero-order chi connectivity index (χ0) is 9.69. The van der Waals surface area contributed by atoms with Crippen LogP contribution in [0.4, 0.5) is 0 Å². The van der Waals surface area contributed by atoms with Crippen molar-refractivity contribution in [2.24, 2.45) is 11.3 Å². The number of rotatable bonds is 3. The summed E-state index contributed by atoms with van der Waals surface area (Å²) in [5.74, 6) is 0.809. The highest BCUT2D eigenvalue weighted by Crippen LogP contribution is 2.48. The first-order valence-electron chi connectivity index (χ1n) is 5.74. The van der Waals surface area contributed by atoms with Crippen LogP contribution in [0.1, 0.15) is 53.4 Å². The third-order valence-electron chi connectivity index (χ3n) is 4.38. The molecule has 2 rings (SSSR count). The van der Waals surface area contributed by atoms with Crippen molar-refractivity contribution in [3.8, 4) is 0 Å². The Hall–Kier alpha value is -0.0400.